The van der Waals surface area contributed by atoms with Crippen LogP contribution in [0.1, 0.15) is 38.4 Å². The maximum Gasteiger partial charge on any atom is 1.00 e. The van der Waals surface area contributed by atoms with Crippen molar-refractivity contribution in [3.63, 3.8) is 0 Å². The summed E-state index contributed by atoms with van der Waals surface area (Å²) in [5.41, 5.74) is 4.61. The van der Waals surface area contributed by atoms with E-state index in [1.54, 1.807) is 0 Å². The summed E-state index contributed by atoms with van der Waals surface area (Å²) in [5.74, 6) is 0. The fourth-order valence-corrected chi connectivity index (χ4v) is 4.68. The van der Waals surface area contributed by atoms with Crippen molar-refractivity contribution in [2.24, 2.45) is 0 Å². The van der Waals surface area contributed by atoms with Crippen molar-refractivity contribution < 1.29 is 56.5 Å². The van der Waals surface area contributed by atoms with Crippen LogP contribution in [0.4, 0.5) is 5.69 Å². The second kappa shape index (κ2) is 15.6. The summed E-state index contributed by atoms with van der Waals surface area (Å²) in [6.45, 7) is 11.9. The summed E-state index contributed by atoms with van der Waals surface area (Å²) in [6, 6.07) is 16.7. The van der Waals surface area contributed by atoms with Gasteiger partial charge in [-0.05, 0) is 47.7 Å². The third-order valence-corrected chi connectivity index (χ3v) is 6.55. The van der Waals surface area contributed by atoms with Crippen LogP contribution in [0.25, 0.3) is 16.2 Å². The van der Waals surface area contributed by atoms with Crippen molar-refractivity contribution in [1.29, 1.82) is 0 Å². The molecule has 1 fully saturated rings. The minimum atomic E-state index is -0.343. The average Bonchev–Trinajstić information content (AvgIpc) is 3.27. The summed E-state index contributed by atoms with van der Waals surface area (Å²) in [7, 11) is 0. The van der Waals surface area contributed by atoms with Crippen LogP contribution in [0.5, 0.6) is 0 Å². The predicted octanol–water partition coefficient (Wildman–Crippen LogP) is 2.86. The molecule has 180 valence electrons. The second-order valence-corrected chi connectivity index (χ2v) is 8.70. The SMILES string of the molecule is CC.CCc1cccc(N2CCN(CC(O)CC[N-]Cc3cc4ccccc4[nH]3)CC2)c1Cl.[K+]. The summed E-state index contributed by atoms with van der Waals surface area (Å²) >= 11 is 6.59. The maximum atomic E-state index is 10.5. The van der Waals surface area contributed by atoms with Gasteiger partial charge < -0.3 is 20.3 Å². The molecule has 0 radical (unpaired) electrons. The first-order valence-corrected chi connectivity index (χ1v) is 12.6. The molecule has 34 heavy (non-hydrogen) atoms. The molecule has 2 heterocycles. The Morgan fingerprint density at radius 3 is 2.50 bits per heavy atom. The first kappa shape index (κ1) is 29.8. The Bertz CT molecular complexity index is 955. The van der Waals surface area contributed by atoms with Crippen LogP contribution < -0.4 is 56.3 Å². The van der Waals surface area contributed by atoms with E-state index in [2.05, 4.69) is 63.4 Å². The number of aliphatic hydroxyl groups excluding tert-OH is 1. The molecule has 0 aliphatic carbocycles. The Morgan fingerprint density at radius 1 is 1.06 bits per heavy atom. The molecule has 0 amide bonds. The summed E-state index contributed by atoms with van der Waals surface area (Å²) < 4.78 is 0. The normalized spacial score (nSPS) is 14.9. The molecule has 1 aromatic heterocycles. The van der Waals surface area contributed by atoms with Gasteiger partial charge in [0.1, 0.15) is 0 Å². The van der Waals surface area contributed by atoms with Crippen molar-refractivity contribution in [2.75, 3.05) is 44.2 Å². The predicted molar refractivity (Wildman–Crippen MR) is 142 cm³/mol. The van der Waals surface area contributed by atoms with Crippen LogP contribution in [0.3, 0.4) is 0 Å². The Kier molecular flexibility index (Phi) is 13.7. The average molecular weight is 509 g/mol. The number of H-pyrrole nitrogens is 1. The van der Waals surface area contributed by atoms with Crippen molar-refractivity contribution in [3.05, 3.63) is 70.1 Å². The minimum absolute atomic E-state index is 0. The number of hydrogen-bond acceptors (Lipinski definition) is 3. The van der Waals surface area contributed by atoms with E-state index in [0.717, 1.165) is 54.5 Å². The molecule has 0 spiro atoms. The van der Waals surface area contributed by atoms with E-state index in [1.165, 1.54) is 10.9 Å². The summed E-state index contributed by atoms with van der Waals surface area (Å²) in [4.78, 5) is 8.10. The standard InChI is InChI=1S/C25H32ClN4O.C2H6.K/c1-2-19-7-5-9-24(25(19)26)30-14-12-29(13-15-30)18-22(31)10-11-27-17-21-16-20-6-3-4-8-23(20)28-21;1-2;/h3-9,16,22,28,31H,2,10-15,17-18H2,1H3;1-2H3;/q-1;;+1. The number of halogens is 1. The number of aliphatic hydroxyl groups is 1. The number of hydrogen-bond donors (Lipinski definition) is 2. The van der Waals surface area contributed by atoms with Crippen molar-refractivity contribution in [2.45, 2.75) is 46.3 Å². The molecule has 2 aromatic carbocycles. The van der Waals surface area contributed by atoms with Crippen molar-refractivity contribution in [3.8, 4) is 0 Å². The zero-order valence-electron chi connectivity index (χ0n) is 21.2. The molecule has 1 unspecified atom stereocenters. The number of aromatic nitrogens is 1. The van der Waals surface area contributed by atoms with Crippen LogP contribution in [-0.2, 0) is 13.0 Å². The monoisotopic (exact) mass is 508 g/mol. The van der Waals surface area contributed by atoms with E-state index >= 15 is 0 Å². The van der Waals surface area contributed by atoms with Crippen LogP contribution >= 0.6 is 11.6 Å². The van der Waals surface area contributed by atoms with Gasteiger partial charge in [0, 0.05) is 38.2 Å². The third-order valence-electron chi connectivity index (χ3n) is 6.11. The van der Waals surface area contributed by atoms with Gasteiger partial charge in [-0.25, -0.2) is 0 Å². The Labute approximate surface area is 252 Å². The molecule has 0 bridgehead atoms. The van der Waals surface area contributed by atoms with E-state index in [1.807, 2.05) is 26.0 Å². The van der Waals surface area contributed by atoms with E-state index in [0.29, 0.717) is 26.1 Å². The van der Waals surface area contributed by atoms with Gasteiger partial charge >= 0.3 is 51.4 Å². The van der Waals surface area contributed by atoms with E-state index in [4.69, 9.17) is 11.6 Å². The number of para-hydroxylation sites is 1. The fraction of sp³-hybridized carbons (Fsp3) is 0.481. The topological polar surface area (TPSA) is 56.6 Å². The second-order valence-electron chi connectivity index (χ2n) is 8.32. The Balaban J connectivity index is 0.00000133. The third kappa shape index (κ3) is 8.32. The van der Waals surface area contributed by atoms with Gasteiger partial charge in [0.25, 0.3) is 0 Å². The Hall–Kier alpha value is -0.414. The zero-order chi connectivity index (χ0) is 23.6. The van der Waals surface area contributed by atoms with E-state index < -0.39 is 0 Å². The molecule has 1 atom stereocenters. The summed E-state index contributed by atoms with van der Waals surface area (Å²) in [5, 5.41) is 17.2. The van der Waals surface area contributed by atoms with Gasteiger partial charge in [-0.15, -0.1) is 13.1 Å². The molecule has 1 aliphatic heterocycles. The van der Waals surface area contributed by atoms with E-state index in [-0.39, 0.29) is 57.5 Å². The van der Waals surface area contributed by atoms with Crippen LogP contribution in [0, 0.1) is 0 Å². The Morgan fingerprint density at radius 2 is 1.79 bits per heavy atom. The van der Waals surface area contributed by atoms with Crippen molar-refractivity contribution >= 4 is 28.2 Å². The first-order valence-electron chi connectivity index (χ1n) is 12.3. The zero-order valence-corrected chi connectivity index (χ0v) is 25.1. The number of aryl methyl sites for hydroxylation is 1. The minimum Gasteiger partial charge on any atom is -0.657 e. The number of fused-ring (bicyclic) bond motifs is 1. The molecule has 2 N–H and O–H groups in total. The molecule has 3 aromatic rings. The van der Waals surface area contributed by atoms with Gasteiger partial charge in [0.15, 0.2) is 0 Å². The number of piperazine rings is 1. The summed E-state index contributed by atoms with van der Waals surface area (Å²) in [6.07, 6.45) is 1.31. The molecule has 5 nitrogen and oxygen atoms in total. The van der Waals surface area contributed by atoms with Gasteiger partial charge in [0.2, 0.25) is 0 Å². The quantitative estimate of drug-likeness (QED) is 0.345. The number of rotatable bonds is 9. The maximum absolute atomic E-state index is 10.5. The largest absolute Gasteiger partial charge is 1.00 e. The van der Waals surface area contributed by atoms with Gasteiger partial charge in [0.05, 0.1) is 16.8 Å². The van der Waals surface area contributed by atoms with Crippen LogP contribution in [0.15, 0.2) is 48.5 Å². The molecular formula is C27H38ClKN4O. The fourth-order valence-electron chi connectivity index (χ4n) is 4.30. The smallest absolute Gasteiger partial charge is 0.657 e. The number of β-amino-alcohol motifs (C(OH)–C–C–N with tert-alkyl or cyclic N) is 1. The van der Waals surface area contributed by atoms with E-state index in [9.17, 15) is 5.11 Å². The van der Waals surface area contributed by atoms with Gasteiger partial charge in [-0.2, -0.15) is 0 Å². The molecule has 1 aliphatic rings. The number of nitrogens with one attached hydrogen (secondary N) is 1. The van der Waals surface area contributed by atoms with Crippen molar-refractivity contribution in [1.82, 2.24) is 9.88 Å². The molecule has 4 rings (SSSR count). The molecule has 1 saturated heterocycles. The molecular weight excluding hydrogens is 471 g/mol. The van der Waals surface area contributed by atoms with Crippen LogP contribution in [0.2, 0.25) is 5.02 Å². The first-order chi connectivity index (χ1) is 16.1. The molecule has 7 heteroatoms. The number of nitrogens with zero attached hydrogens (tertiary/aromatic N) is 3. The van der Waals surface area contributed by atoms with Gasteiger partial charge in [-0.1, -0.05) is 62.7 Å². The molecule has 0 saturated carbocycles. The van der Waals surface area contributed by atoms with Crippen LogP contribution in [-0.4, -0.2) is 60.4 Å². The van der Waals surface area contributed by atoms with Gasteiger partial charge in [-0.3, -0.25) is 4.90 Å². The number of anilines is 1. The number of benzene rings is 2. The number of aromatic amines is 1.